The van der Waals surface area contributed by atoms with Gasteiger partial charge in [-0.3, -0.25) is 9.69 Å². The molecule has 5 heterocycles. The van der Waals surface area contributed by atoms with Gasteiger partial charge in [0.1, 0.15) is 29.7 Å². The Morgan fingerprint density at radius 2 is 1.69 bits per heavy atom. The summed E-state index contributed by atoms with van der Waals surface area (Å²) in [6, 6.07) is 8.40. The third-order valence-corrected chi connectivity index (χ3v) is 13.8. The van der Waals surface area contributed by atoms with Crippen molar-refractivity contribution >= 4 is 37.1 Å². The molecular weight excluding hydrogens is 850 g/mol. The van der Waals surface area contributed by atoms with Gasteiger partial charge in [-0.15, -0.1) is 0 Å². The molecule has 1 N–H and O–H groups in total. The SMILES string of the molecule is CCc1cc(O)c(F)cc1-c1ccc2c(-c3nc4c(n3COCC[Si](C)(C)C)CN(C(=O)OC(C)(C)C)[C@H](C(=O)N3CCN(C(=O)OC(C)(C)C)C[C@@H]3C)C4)nn([C@@H]3CCCCO3)c2c1. The lowest BCUT2D eigenvalue weighted by Crippen LogP contribution is -2.61. The number of halogens is 1. The number of aromatic nitrogens is 4. The number of amides is 3. The maximum atomic E-state index is 14.9. The predicted octanol–water partition coefficient (Wildman–Crippen LogP) is 9.11. The van der Waals surface area contributed by atoms with Gasteiger partial charge in [0.2, 0.25) is 5.91 Å². The van der Waals surface area contributed by atoms with Crippen LogP contribution in [0.15, 0.2) is 30.3 Å². The Kier molecular flexibility index (Phi) is 13.8. The molecule has 2 saturated heterocycles. The van der Waals surface area contributed by atoms with E-state index in [4.69, 9.17) is 29.0 Å². The van der Waals surface area contributed by atoms with Crippen LogP contribution in [0.5, 0.6) is 5.75 Å². The van der Waals surface area contributed by atoms with Crippen LogP contribution in [0.1, 0.15) is 97.8 Å². The van der Waals surface area contributed by atoms with Crippen molar-refractivity contribution in [2.45, 2.75) is 156 Å². The van der Waals surface area contributed by atoms with Crippen LogP contribution in [-0.4, -0.2) is 121 Å². The van der Waals surface area contributed by atoms with Crippen molar-refractivity contribution in [1.29, 1.82) is 0 Å². The van der Waals surface area contributed by atoms with E-state index >= 15 is 0 Å². The first-order valence-corrected chi connectivity index (χ1v) is 26.8. The van der Waals surface area contributed by atoms with E-state index in [1.807, 2.05) is 62.1 Å². The lowest BCUT2D eigenvalue weighted by atomic mass is 9.96. The highest BCUT2D eigenvalue weighted by atomic mass is 28.3. The number of carbonyl (C=O) groups excluding carboxylic acids is 3. The first-order valence-electron chi connectivity index (χ1n) is 23.1. The van der Waals surface area contributed by atoms with Gasteiger partial charge in [0.25, 0.3) is 0 Å². The van der Waals surface area contributed by atoms with Gasteiger partial charge in [-0.25, -0.2) is 23.6 Å². The second kappa shape index (κ2) is 18.7. The van der Waals surface area contributed by atoms with Crippen molar-refractivity contribution in [3.05, 3.63) is 53.1 Å². The van der Waals surface area contributed by atoms with Crippen molar-refractivity contribution in [1.82, 2.24) is 34.0 Å². The minimum Gasteiger partial charge on any atom is -0.505 e. The monoisotopic (exact) mass is 917 g/mol. The van der Waals surface area contributed by atoms with Crippen molar-refractivity contribution in [3.63, 3.8) is 0 Å². The number of phenolic OH excluding ortho intramolecular Hbond substituents is 1. The Hall–Kier alpha value is -5.00. The number of fused-ring (bicyclic) bond motifs is 2. The van der Waals surface area contributed by atoms with E-state index in [0.29, 0.717) is 48.1 Å². The van der Waals surface area contributed by atoms with Gasteiger partial charge in [0.05, 0.1) is 23.4 Å². The van der Waals surface area contributed by atoms with Crippen LogP contribution in [0, 0.1) is 5.82 Å². The largest absolute Gasteiger partial charge is 0.505 e. The Morgan fingerprint density at radius 3 is 2.34 bits per heavy atom. The molecule has 3 amide bonds. The quantitative estimate of drug-likeness (QED) is 0.120. The van der Waals surface area contributed by atoms with Crippen LogP contribution in [0.25, 0.3) is 33.5 Å². The highest BCUT2D eigenvalue weighted by Crippen LogP contribution is 2.39. The molecule has 0 bridgehead atoms. The maximum Gasteiger partial charge on any atom is 0.411 e. The lowest BCUT2D eigenvalue weighted by Gasteiger charge is -2.43. The number of imidazole rings is 1. The van der Waals surface area contributed by atoms with E-state index < -0.39 is 43.3 Å². The summed E-state index contributed by atoms with van der Waals surface area (Å²) in [5, 5.41) is 16.3. The highest BCUT2D eigenvalue weighted by molar-refractivity contribution is 6.76. The summed E-state index contributed by atoms with van der Waals surface area (Å²) in [4.78, 5) is 52.3. The van der Waals surface area contributed by atoms with Crippen LogP contribution in [0.2, 0.25) is 25.7 Å². The molecule has 3 aliphatic heterocycles. The van der Waals surface area contributed by atoms with E-state index in [-0.39, 0.29) is 63.3 Å². The summed E-state index contributed by atoms with van der Waals surface area (Å²) in [7, 11) is -1.46. The maximum absolute atomic E-state index is 14.9. The molecule has 0 saturated carbocycles. The molecule has 3 aliphatic rings. The summed E-state index contributed by atoms with van der Waals surface area (Å²) in [5.74, 6) is -0.813. The third kappa shape index (κ3) is 10.8. The molecule has 65 heavy (non-hydrogen) atoms. The molecule has 4 aromatic rings. The Labute approximate surface area is 383 Å². The Balaban J connectivity index is 1.32. The van der Waals surface area contributed by atoms with Gasteiger partial charge in [0.15, 0.2) is 23.6 Å². The van der Waals surface area contributed by atoms with E-state index in [2.05, 4.69) is 19.6 Å². The van der Waals surface area contributed by atoms with Gasteiger partial charge >= 0.3 is 12.2 Å². The first-order chi connectivity index (χ1) is 30.5. The molecule has 0 spiro atoms. The molecule has 0 radical (unpaired) electrons. The predicted molar refractivity (Wildman–Crippen MR) is 249 cm³/mol. The highest BCUT2D eigenvalue weighted by Gasteiger charge is 2.44. The van der Waals surface area contributed by atoms with Crippen molar-refractivity contribution in [2.75, 3.05) is 32.8 Å². The van der Waals surface area contributed by atoms with E-state index in [1.165, 1.54) is 17.0 Å². The smallest absolute Gasteiger partial charge is 0.411 e. The molecule has 2 aromatic carbocycles. The number of hydrogen-bond donors (Lipinski definition) is 1. The van der Waals surface area contributed by atoms with Gasteiger partial charge in [0, 0.05) is 58.8 Å². The van der Waals surface area contributed by atoms with Gasteiger partial charge < -0.3 is 38.4 Å². The van der Waals surface area contributed by atoms with E-state index in [1.54, 1.807) is 30.6 Å². The first kappa shape index (κ1) is 47.9. The summed E-state index contributed by atoms with van der Waals surface area (Å²) in [6.45, 7) is 23.7. The average molecular weight is 918 g/mol. The standard InChI is InChI=1S/C48H68FN7O8Si/c1-12-31-24-40(57)35(49)25-34(31)32-16-17-33-37(23-32)56(41-15-13-14-20-62-41)51-42(33)43-50-36-26-38(44(58)53-19-18-52(27-30(53)2)45(59)63-47(3,4)5)54(46(60)64-48(6,7)8)28-39(36)55(43)29-61-21-22-65(9,10)11/h16-17,23-25,30,38,41,57H,12-15,18-22,26-29H2,1-11H3/t30-,38-,41-/m0/s1. The number of nitrogens with zero attached hydrogens (tertiary/aromatic N) is 7. The zero-order valence-electron chi connectivity index (χ0n) is 40.1. The molecule has 15 nitrogen and oxygen atoms in total. The summed E-state index contributed by atoms with van der Waals surface area (Å²) < 4.78 is 43.2. The topological polar surface area (TPSA) is 154 Å². The second-order valence-electron chi connectivity index (χ2n) is 20.9. The fourth-order valence-electron chi connectivity index (χ4n) is 8.77. The molecule has 0 unspecified atom stereocenters. The van der Waals surface area contributed by atoms with Gasteiger partial charge in [-0.2, -0.15) is 5.10 Å². The molecule has 0 aliphatic carbocycles. The summed E-state index contributed by atoms with van der Waals surface area (Å²) in [6.07, 6.45) is 1.95. The number of hydrogen-bond acceptors (Lipinski definition) is 10. The molecular formula is C48H68FN7O8Si. The van der Waals surface area contributed by atoms with Crippen molar-refractivity contribution in [3.8, 4) is 28.4 Å². The van der Waals surface area contributed by atoms with E-state index in [0.717, 1.165) is 47.3 Å². The third-order valence-electron chi connectivity index (χ3n) is 12.1. The number of benzene rings is 2. The van der Waals surface area contributed by atoms with Crippen LogP contribution < -0.4 is 0 Å². The molecule has 17 heteroatoms. The van der Waals surface area contributed by atoms with Crippen LogP contribution >= 0.6 is 0 Å². The number of piperazine rings is 1. The molecule has 2 fully saturated rings. The van der Waals surface area contributed by atoms with Crippen molar-refractivity contribution < 1.29 is 42.8 Å². The Morgan fingerprint density at radius 1 is 0.969 bits per heavy atom. The summed E-state index contributed by atoms with van der Waals surface area (Å²) in [5.41, 5.74) is 3.47. The minimum absolute atomic E-state index is 0.0258. The number of phenols is 1. The van der Waals surface area contributed by atoms with Gasteiger partial charge in [-0.1, -0.05) is 32.6 Å². The summed E-state index contributed by atoms with van der Waals surface area (Å²) >= 11 is 0. The molecule has 2 aromatic heterocycles. The fraction of sp³-hybridized carbons (Fsp3) is 0.604. The second-order valence-corrected chi connectivity index (χ2v) is 26.5. The zero-order valence-corrected chi connectivity index (χ0v) is 41.1. The van der Waals surface area contributed by atoms with Crippen LogP contribution in [-0.2, 0) is 49.9 Å². The number of rotatable bonds is 10. The van der Waals surface area contributed by atoms with Crippen LogP contribution in [0.3, 0.4) is 0 Å². The number of carbonyl (C=O) groups is 3. The van der Waals surface area contributed by atoms with Gasteiger partial charge in [-0.05, 0) is 121 Å². The normalized spacial score (nSPS) is 19.7. The number of aromatic hydroxyl groups is 1. The molecule has 3 atom stereocenters. The lowest BCUT2D eigenvalue weighted by molar-refractivity contribution is -0.142. The average Bonchev–Trinajstić information content (AvgIpc) is 3.78. The minimum atomic E-state index is -1.46. The number of aryl methyl sites for hydroxylation is 1. The number of ether oxygens (including phenoxy) is 4. The zero-order chi connectivity index (χ0) is 47.2. The van der Waals surface area contributed by atoms with Crippen LogP contribution in [0.4, 0.5) is 14.0 Å². The fourth-order valence-corrected chi connectivity index (χ4v) is 9.53. The van der Waals surface area contributed by atoms with Crippen molar-refractivity contribution in [2.24, 2.45) is 0 Å². The molecule has 354 valence electrons. The Bertz CT molecular complexity index is 2410. The molecule has 7 rings (SSSR count). The van der Waals surface area contributed by atoms with E-state index in [9.17, 15) is 23.9 Å².